The Bertz CT molecular complexity index is 882. The highest BCUT2D eigenvalue weighted by molar-refractivity contribution is 5.70. The molecule has 0 amide bonds. The van der Waals surface area contributed by atoms with Crippen LogP contribution in [0.25, 0.3) is 22.3 Å². The second kappa shape index (κ2) is 7.57. The minimum absolute atomic E-state index is 0.0619. The van der Waals surface area contributed by atoms with Crippen molar-refractivity contribution in [3.63, 3.8) is 0 Å². The van der Waals surface area contributed by atoms with Crippen LogP contribution in [0.15, 0.2) is 72.9 Å². The largest absolute Gasteiger partial charge is 0.297 e. The molecule has 1 aliphatic heterocycles. The van der Waals surface area contributed by atoms with Crippen LogP contribution in [0.3, 0.4) is 0 Å². The number of halogens is 2. The monoisotopic (exact) mass is 364 g/mol. The first-order valence-corrected chi connectivity index (χ1v) is 9.30. The maximum absolute atomic E-state index is 13.3. The molecule has 0 unspecified atom stereocenters. The summed E-state index contributed by atoms with van der Waals surface area (Å²) in [5.41, 5.74) is 5.53. The minimum Gasteiger partial charge on any atom is -0.297 e. The molecule has 2 aromatic carbocycles. The first kappa shape index (κ1) is 17.8. The molecule has 0 saturated carbocycles. The molecule has 0 spiro atoms. The zero-order valence-electron chi connectivity index (χ0n) is 15.1. The van der Waals surface area contributed by atoms with Crippen LogP contribution in [0.2, 0.25) is 0 Å². The van der Waals surface area contributed by atoms with Crippen LogP contribution in [-0.2, 0) is 6.54 Å². The molecular weight excluding hydrogens is 342 g/mol. The van der Waals surface area contributed by atoms with Gasteiger partial charge >= 0.3 is 0 Å². The number of likely N-dealkylation sites (tertiary alicyclic amines) is 1. The third-order valence-electron chi connectivity index (χ3n) is 5.12. The van der Waals surface area contributed by atoms with Gasteiger partial charge in [0, 0.05) is 38.7 Å². The van der Waals surface area contributed by atoms with E-state index in [1.165, 1.54) is 11.1 Å². The molecule has 1 aliphatic rings. The van der Waals surface area contributed by atoms with Crippen LogP contribution in [0.4, 0.5) is 8.78 Å². The van der Waals surface area contributed by atoms with Gasteiger partial charge < -0.3 is 0 Å². The van der Waals surface area contributed by atoms with E-state index in [2.05, 4.69) is 52.3 Å². The first-order valence-electron chi connectivity index (χ1n) is 9.30. The fourth-order valence-electron chi connectivity index (χ4n) is 3.50. The summed E-state index contributed by atoms with van der Waals surface area (Å²) >= 11 is 0. The predicted octanol–water partition coefficient (Wildman–Crippen LogP) is 5.65. The summed E-state index contributed by atoms with van der Waals surface area (Å²) in [6.45, 7) is 1.46. The quantitative estimate of drug-likeness (QED) is 0.595. The molecule has 0 radical (unpaired) electrons. The summed E-state index contributed by atoms with van der Waals surface area (Å²) in [5, 5.41) is 0. The van der Waals surface area contributed by atoms with E-state index in [1.807, 2.05) is 24.3 Å². The molecule has 1 aromatic heterocycles. The van der Waals surface area contributed by atoms with Crippen LogP contribution in [0, 0.1) is 0 Å². The highest BCUT2D eigenvalue weighted by Crippen LogP contribution is 2.29. The molecule has 4 heteroatoms. The highest BCUT2D eigenvalue weighted by Gasteiger charge is 2.33. The summed E-state index contributed by atoms with van der Waals surface area (Å²) < 4.78 is 26.6. The van der Waals surface area contributed by atoms with E-state index in [9.17, 15) is 8.78 Å². The number of aromatic nitrogens is 1. The second-order valence-corrected chi connectivity index (χ2v) is 7.11. The lowest BCUT2D eigenvalue weighted by molar-refractivity contribution is -0.0568. The van der Waals surface area contributed by atoms with E-state index in [-0.39, 0.29) is 12.8 Å². The number of pyridine rings is 1. The van der Waals surface area contributed by atoms with Gasteiger partial charge in [-0.2, -0.15) is 0 Å². The molecule has 1 fully saturated rings. The van der Waals surface area contributed by atoms with Crippen LogP contribution in [-0.4, -0.2) is 28.9 Å². The normalized spacial score (nSPS) is 17.0. The van der Waals surface area contributed by atoms with Crippen molar-refractivity contribution < 1.29 is 8.78 Å². The molecule has 4 rings (SSSR count). The Balaban J connectivity index is 1.48. The molecule has 0 bridgehead atoms. The standard InChI is InChI=1S/C23H22F2N2/c24-23(25)11-14-27(15-12-23)17-22-16-21(10-13-26-22)20-8-6-19(7-9-20)18-4-2-1-3-5-18/h1-10,13,16H,11-12,14-15,17H2. The first-order chi connectivity index (χ1) is 13.1. The number of alkyl halides is 2. The topological polar surface area (TPSA) is 16.1 Å². The lowest BCUT2D eigenvalue weighted by atomic mass is 10.0. The maximum Gasteiger partial charge on any atom is 0.250 e. The average molecular weight is 364 g/mol. The van der Waals surface area contributed by atoms with Gasteiger partial charge in [0.1, 0.15) is 0 Å². The Labute approximate surface area is 158 Å². The van der Waals surface area contributed by atoms with Gasteiger partial charge in [-0.3, -0.25) is 9.88 Å². The third-order valence-corrected chi connectivity index (χ3v) is 5.12. The van der Waals surface area contributed by atoms with E-state index >= 15 is 0 Å². The SMILES string of the molecule is FC1(F)CCN(Cc2cc(-c3ccc(-c4ccccc4)cc3)ccn2)CC1. The highest BCUT2D eigenvalue weighted by atomic mass is 19.3. The van der Waals surface area contributed by atoms with Crippen molar-refractivity contribution in [3.8, 4) is 22.3 Å². The predicted molar refractivity (Wildman–Crippen MR) is 105 cm³/mol. The van der Waals surface area contributed by atoms with Gasteiger partial charge in [0.15, 0.2) is 0 Å². The van der Waals surface area contributed by atoms with Gasteiger partial charge in [0.05, 0.1) is 5.69 Å². The number of rotatable bonds is 4. The Hall–Kier alpha value is -2.59. The summed E-state index contributed by atoms with van der Waals surface area (Å²) in [5.74, 6) is -2.51. The summed E-state index contributed by atoms with van der Waals surface area (Å²) in [7, 11) is 0. The molecule has 0 atom stereocenters. The zero-order valence-corrected chi connectivity index (χ0v) is 15.1. The molecule has 138 valence electrons. The van der Waals surface area contributed by atoms with Crippen molar-refractivity contribution in [2.45, 2.75) is 25.3 Å². The summed E-state index contributed by atoms with van der Waals surface area (Å²) in [6.07, 6.45) is 1.68. The second-order valence-electron chi connectivity index (χ2n) is 7.11. The van der Waals surface area contributed by atoms with Crippen molar-refractivity contribution in [1.82, 2.24) is 9.88 Å². The molecular formula is C23H22F2N2. The Morgan fingerprint density at radius 2 is 1.37 bits per heavy atom. The number of hydrogen-bond donors (Lipinski definition) is 0. The minimum atomic E-state index is -2.51. The molecule has 1 saturated heterocycles. The third kappa shape index (κ3) is 4.40. The fraction of sp³-hybridized carbons (Fsp3) is 0.261. The van der Waals surface area contributed by atoms with Crippen molar-refractivity contribution in [1.29, 1.82) is 0 Å². The van der Waals surface area contributed by atoms with Crippen molar-refractivity contribution in [2.24, 2.45) is 0 Å². The van der Waals surface area contributed by atoms with Crippen LogP contribution >= 0.6 is 0 Å². The molecule has 27 heavy (non-hydrogen) atoms. The fourth-order valence-corrected chi connectivity index (χ4v) is 3.50. The van der Waals surface area contributed by atoms with Gasteiger partial charge in [-0.15, -0.1) is 0 Å². The van der Waals surface area contributed by atoms with Crippen LogP contribution in [0.1, 0.15) is 18.5 Å². The van der Waals surface area contributed by atoms with E-state index in [4.69, 9.17) is 0 Å². The Morgan fingerprint density at radius 1 is 0.778 bits per heavy atom. The molecule has 2 heterocycles. The van der Waals surface area contributed by atoms with E-state index < -0.39 is 5.92 Å². The van der Waals surface area contributed by atoms with E-state index in [0.717, 1.165) is 16.8 Å². The molecule has 3 aromatic rings. The maximum atomic E-state index is 13.3. The van der Waals surface area contributed by atoms with Gasteiger partial charge in [0.2, 0.25) is 0 Å². The van der Waals surface area contributed by atoms with Gasteiger partial charge in [-0.25, -0.2) is 8.78 Å². The lowest BCUT2D eigenvalue weighted by Crippen LogP contribution is -2.38. The smallest absolute Gasteiger partial charge is 0.250 e. The van der Waals surface area contributed by atoms with E-state index in [1.54, 1.807) is 6.20 Å². The Morgan fingerprint density at radius 3 is 2.04 bits per heavy atom. The average Bonchev–Trinajstić information content (AvgIpc) is 2.71. The molecule has 2 nitrogen and oxygen atoms in total. The number of piperidine rings is 1. The van der Waals surface area contributed by atoms with Crippen LogP contribution in [0.5, 0.6) is 0 Å². The molecule has 0 aliphatic carbocycles. The van der Waals surface area contributed by atoms with E-state index in [0.29, 0.717) is 19.6 Å². The lowest BCUT2D eigenvalue weighted by Gasteiger charge is -2.31. The Kier molecular flexibility index (Phi) is 4.99. The van der Waals surface area contributed by atoms with Gasteiger partial charge in [-0.05, 0) is 34.4 Å². The summed E-state index contributed by atoms with van der Waals surface area (Å²) in [4.78, 5) is 6.49. The number of nitrogens with zero attached hydrogens (tertiary/aromatic N) is 2. The van der Waals surface area contributed by atoms with Crippen molar-refractivity contribution in [3.05, 3.63) is 78.6 Å². The molecule has 0 N–H and O–H groups in total. The summed E-state index contributed by atoms with van der Waals surface area (Å²) in [6, 6.07) is 22.8. The van der Waals surface area contributed by atoms with Gasteiger partial charge in [0.25, 0.3) is 5.92 Å². The van der Waals surface area contributed by atoms with Crippen molar-refractivity contribution >= 4 is 0 Å². The zero-order chi connectivity index (χ0) is 18.7. The van der Waals surface area contributed by atoms with Gasteiger partial charge in [-0.1, -0.05) is 54.6 Å². The van der Waals surface area contributed by atoms with Crippen LogP contribution < -0.4 is 0 Å². The van der Waals surface area contributed by atoms with Crippen molar-refractivity contribution in [2.75, 3.05) is 13.1 Å². The number of benzene rings is 2. The number of hydrogen-bond acceptors (Lipinski definition) is 2.